The molecule has 5 nitrogen and oxygen atoms in total. The van der Waals surface area contributed by atoms with Crippen LogP contribution in [0.5, 0.6) is 5.75 Å². The summed E-state index contributed by atoms with van der Waals surface area (Å²) < 4.78 is 10.5. The minimum Gasteiger partial charge on any atom is -0.508 e. The van der Waals surface area contributed by atoms with E-state index < -0.39 is 5.63 Å². The fourth-order valence-electron chi connectivity index (χ4n) is 2.63. The van der Waals surface area contributed by atoms with E-state index >= 15 is 0 Å². The predicted octanol–water partition coefficient (Wildman–Crippen LogP) is 3.93. The lowest BCUT2D eigenvalue weighted by Gasteiger charge is -2.09. The standard InChI is InChI=1S/C19H18O5S/c1-12-16(20)8-7-15-13(10-18(22)24-19(12)15)11-23-17(21)6-2-4-14-5-3-9-25-14/h3,5,7-10,20H,2,4,6,11H2,1H3. The molecule has 0 radical (unpaired) electrons. The van der Waals surface area contributed by atoms with Gasteiger partial charge in [-0.2, -0.15) is 0 Å². The minimum absolute atomic E-state index is 0.00412. The molecule has 2 aromatic heterocycles. The van der Waals surface area contributed by atoms with Crippen LogP contribution in [0.2, 0.25) is 0 Å². The van der Waals surface area contributed by atoms with E-state index in [2.05, 4.69) is 0 Å². The lowest BCUT2D eigenvalue weighted by molar-refractivity contribution is -0.145. The summed E-state index contributed by atoms with van der Waals surface area (Å²) in [6.45, 7) is 1.67. The third-order valence-electron chi connectivity index (χ3n) is 3.99. The average Bonchev–Trinajstić information content (AvgIpc) is 3.10. The second kappa shape index (κ2) is 7.53. The Bertz CT molecular complexity index is 940. The zero-order chi connectivity index (χ0) is 17.8. The molecular weight excluding hydrogens is 340 g/mol. The third-order valence-corrected chi connectivity index (χ3v) is 4.93. The van der Waals surface area contributed by atoms with Crippen LogP contribution < -0.4 is 5.63 Å². The van der Waals surface area contributed by atoms with Crippen molar-refractivity contribution in [3.63, 3.8) is 0 Å². The number of aryl methyl sites for hydroxylation is 2. The van der Waals surface area contributed by atoms with Crippen LogP contribution in [-0.2, 0) is 22.6 Å². The maximum Gasteiger partial charge on any atom is 0.336 e. The van der Waals surface area contributed by atoms with Crippen molar-refractivity contribution in [3.8, 4) is 5.75 Å². The number of rotatable bonds is 6. The molecule has 6 heteroatoms. The van der Waals surface area contributed by atoms with Gasteiger partial charge in [-0.3, -0.25) is 4.79 Å². The number of carbonyl (C=O) groups excluding carboxylic acids is 1. The average molecular weight is 358 g/mol. The van der Waals surface area contributed by atoms with Gasteiger partial charge in [-0.25, -0.2) is 4.79 Å². The Morgan fingerprint density at radius 3 is 2.92 bits per heavy atom. The fourth-order valence-corrected chi connectivity index (χ4v) is 3.38. The van der Waals surface area contributed by atoms with E-state index in [9.17, 15) is 14.7 Å². The molecule has 0 saturated carbocycles. The first-order chi connectivity index (χ1) is 12.0. The largest absolute Gasteiger partial charge is 0.508 e. The SMILES string of the molecule is Cc1c(O)ccc2c(COC(=O)CCCc3cccs3)cc(=O)oc12. The number of aromatic hydroxyl groups is 1. The van der Waals surface area contributed by atoms with Gasteiger partial charge in [0.2, 0.25) is 0 Å². The minimum atomic E-state index is -0.537. The molecule has 130 valence electrons. The van der Waals surface area contributed by atoms with E-state index in [4.69, 9.17) is 9.15 Å². The molecular formula is C19H18O5S. The topological polar surface area (TPSA) is 76.7 Å². The Morgan fingerprint density at radius 2 is 2.16 bits per heavy atom. The first-order valence-electron chi connectivity index (χ1n) is 7.98. The number of phenolic OH excluding ortho intramolecular Hbond substituents is 1. The Labute approximate surface area is 148 Å². The van der Waals surface area contributed by atoms with Crippen molar-refractivity contribution in [1.29, 1.82) is 0 Å². The van der Waals surface area contributed by atoms with Crippen LogP contribution in [0.1, 0.15) is 28.8 Å². The summed E-state index contributed by atoms with van der Waals surface area (Å²) in [4.78, 5) is 24.9. The van der Waals surface area contributed by atoms with Gasteiger partial charge in [-0.15, -0.1) is 11.3 Å². The molecule has 3 rings (SSSR count). The highest BCUT2D eigenvalue weighted by Gasteiger charge is 2.12. The van der Waals surface area contributed by atoms with E-state index in [0.29, 0.717) is 28.5 Å². The van der Waals surface area contributed by atoms with E-state index in [1.54, 1.807) is 24.3 Å². The molecule has 1 N–H and O–H groups in total. The van der Waals surface area contributed by atoms with Crippen molar-refractivity contribution in [2.75, 3.05) is 0 Å². The molecule has 0 aliphatic heterocycles. The van der Waals surface area contributed by atoms with Crippen molar-refractivity contribution in [1.82, 2.24) is 0 Å². The number of esters is 1. The van der Waals surface area contributed by atoms with Gasteiger partial charge in [0.1, 0.15) is 17.9 Å². The van der Waals surface area contributed by atoms with Gasteiger partial charge >= 0.3 is 11.6 Å². The summed E-state index contributed by atoms with van der Waals surface area (Å²) in [6, 6.07) is 8.54. The summed E-state index contributed by atoms with van der Waals surface area (Å²) >= 11 is 1.67. The third kappa shape index (κ3) is 4.09. The second-order valence-corrected chi connectivity index (χ2v) is 6.80. The summed E-state index contributed by atoms with van der Waals surface area (Å²) in [5.74, 6) is -0.244. The maximum atomic E-state index is 11.9. The molecule has 0 unspecified atom stereocenters. The molecule has 0 amide bonds. The Morgan fingerprint density at radius 1 is 1.32 bits per heavy atom. The molecule has 0 aliphatic rings. The van der Waals surface area contributed by atoms with Gasteiger partial charge < -0.3 is 14.3 Å². The van der Waals surface area contributed by atoms with Crippen LogP contribution in [0.3, 0.4) is 0 Å². The van der Waals surface area contributed by atoms with Crippen molar-refractivity contribution < 1.29 is 19.1 Å². The molecule has 25 heavy (non-hydrogen) atoms. The van der Waals surface area contributed by atoms with Gasteiger partial charge in [0, 0.05) is 33.9 Å². The number of ether oxygens (including phenoxy) is 1. The van der Waals surface area contributed by atoms with Gasteiger partial charge in [0.05, 0.1) is 0 Å². The van der Waals surface area contributed by atoms with Crippen LogP contribution in [0.4, 0.5) is 0 Å². The number of hydrogen-bond acceptors (Lipinski definition) is 6. The molecule has 3 aromatic rings. The highest BCUT2D eigenvalue weighted by atomic mass is 32.1. The maximum absolute atomic E-state index is 11.9. The number of carbonyl (C=O) groups is 1. The van der Waals surface area contributed by atoms with Gasteiger partial charge in [0.15, 0.2) is 0 Å². The molecule has 0 fully saturated rings. The summed E-state index contributed by atoms with van der Waals surface area (Å²) in [7, 11) is 0. The lowest BCUT2D eigenvalue weighted by Crippen LogP contribution is -2.08. The zero-order valence-electron chi connectivity index (χ0n) is 13.8. The van der Waals surface area contributed by atoms with E-state index in [1.807, 2.05) is 17.5 Å². The van der Waals surface area contributed by atoms with Crippen molar-refractivity contribution in [2.24, 2.45) is 0 Å². The lowest BCUT2D eigenvalue weighted by atomic mass is 10.1. The van der Waals surface area contributed by atoms with Gasteiger partial charge in [-0.1, -0.05) is 6.07 Å². The van der Waals surface area contributed by atoms with E-state index in [0.717, 1.165) is 12.8 Å². The zero-order valence-corrected chi connectivity index (χ0v) is 14.6. The Balaban J connectivity index is 1.65. The number of benzene rings is 1. The molecule has 1 aromatic carbocycles. The molecule has 0 atom stereocenters. The normalized spacial score (nSPS) is 10.9. The number of hydrogen-bond donors (Lipinski definition) is 1. The Kier molecular flexibility index (Phi) is 5.19. The highest BCUT2D eigenvalue weighted by Crippen LogP contribution is 2.27. The Hall–Kier alpha value is -2.60. The van der Waals surface area contributed by atoms with Crippen LogP contribution in [-0.4, -0.2) is 11.1 Å². The molecule has 0 aliphatic carbocycles. The first-order valence-corrected chi connectivity index (χ1v) is 8.86. The highest BCUT2D eigenvalue weighted by molar-refractivity contribution is 7.09. The van der Waals surface area contributed by atoms with Gasteiger partial charge in [0.25, 0.3) is 0 Å². The second-order valence-electron chi connectivity index (χ2n) is 5.77. The van der Waals surface area contributed by atoms with Gasteiger partial charge in [-0.05, 0) is 43.3 Å². The number of phenols is 1. The number of thiophene rings is 1. The predicted molar refractivity (Wildman–Crippen MR) is 95.9 cm³/mol. The van der Waals surface area contributed by atoms with Crippen LogP contribution >= 0.6 is 11.3 Å². The van der Waals surface area contributed by atoms with Crippen LogP contribution in [0.15, 0.2) is 44.9 Å². The monoisotopic (exact) mass is 358 g/mol. The van der Waals surface area contributed by atoms with Crippen LogP contribution in [0.25, 0.3) is 11.0 Å². The number of fused-ring (bicyclic) bond motifs is 1. The first kappa shape index (κ1) is 17.2. The quantitative estimate of drug-likeness (QED) is 0.533. The van der Waals surface area contributed by atoms with Crippen LogP contribution in [0, 0.1) is 6.92 Å². The molecule has 0 spiro atoms. The van der Waals surface area contributed by atoms with Crippen molar-refractivity contribution >= 4 is 28.3 Å². The van der Waals surface area contributed by atoms with E-state index in [1.165, 1.54) is 17.0 Å². The van der Waals surface area contributed by atoms with Crippen molar-refractivity contribution in [2.45, 2.75) is 32.8 Å². The molecule has 0 bridgehead atoms. The van der Waals surface area contributed by atoms with E-state index in [-0.39, 0.29) is 18.3 Å². The van der Waals surface area contributed by atoms with Crippen molar-refractivity contribution in [3.05, 3.63) is 62.1 Å². The molecule has 2 heterocycles. The summed E-state index contributed by atoms with van der Waals surface area (Å²) in [5.41, 5.74) is 0.834. The fraction of sp³-hybridized carbons (Fsp3) is 0.263. The summed E-state index contributed by atoms with van der Waals surface area (Å²) in [5, 5.41) is 12.4. The smallest absolute Gasteiger partial charge is 0.336 e. The molecule has 0 saturated heterocycles. The summed E-state index contributed by atoms with van der Waals surface area (Å²) in [6.07, 6.45) is 1.91.